The van der Waals surface area contributed by atoms with Gasteiger partial charge in [-0.25, -0.2) is 0 Å². The fourth-order valence-electron chi connectivity index (χ4n) is 2.14. The highest BCUT2D eigenvalue weighted by Crippen LogP contribution is 2.23. The van der Waals surface area contributed by atoms with E-state index in [-0.39, 0.29) is 5.60 Å². The Hall–Kier alpha value is -0.0800. The van der Waals surface area contributed by atoms with Crippen molar-refractivity contribution in [2.24, 2.45) is 5.92 Å². The van der Waals surface area contributed by atoms with E-state index in [9.17, 15) is 0 Å². The molecule has 2 nitrogen and oxygen atoms in total. The van der Waals surface area contributed by atoms with Gasteiger partial charge in [-0.1, -0.05) is 33.6 Å². The molecule has 0 aromatic heterocycles. The van der Waals surface area contributed by atoms with Gasteiger partial charge in [0.15, 0.2) is 0 Å². The van der Waals surface area contributed by atoms with E-state index in [2.05, 4.69) is 39.9 Å². The number of nitrogens with one attached hydrogen (secondary N) is 1. The van der Waals surface area contributed by atoms with Gasteiger partial charge < -0.3 is 10.1 Å². The van der Waals surface area contributed by atoms with Crippen LogP contribution in [0.3, 0.4) is 0 Å². The van der Waals surface area contributed by atoms with Gasteiger partial charge in [-0.3, -0.25) is 0 Å². The molecule has 0 heterocycles. The molecule has 0 rings (SSSR count). The molecule has 0 fully saturated rings. The maximum absolute atomic E-state index is 5.51. The average Bonchev–Trinajstić information content (AvgIpc) is 2.19. The van der Waals surface area contributed by atoms with Crippen LogP contribution in [0.1, 0.15) is 53.9 Å². The van der Waals surface area contributed by atoms with Crippen molar-refractivity contribution >= 4 is 0 Å². The van der Waals surface area contributed by atoms with E-state index in [4.69, 9.17) is 4.74 Å². The monoisotopic (exact) mass is 215 g/mol. The predicted octanol–water partition coefficient (Wildman–Crippen LogP) is 3.22. The Morgan fingerprint density at radius 1 is 1.13 bits per heavy atom. The van der Waals surface area contributed by atoms with E-state index in [1.165, 1.54) is 12.8 Å². The van der Waals surface area contributed by atoms with Gasteiger partial charge in [0, 0.05) is 13.2 Å². The van der Waals surface area contributed by atoms with Gasteiger partial charge in [-0.15, -0.1) is 0 Å². The summed E-state index contributed by atoms with van der Waals surface area (Å²) in [7, 11) is 1.80. The highest BCUT2D eigenvalue weighted by Gasteiger charge is 2.26. The molecule has 0 spiro atoms. The molecule has 0 saturated heterocycles. The van der Waals surface area contributed by atoms with Crippen LogP contribution in [0.25, 0.3) is 0 Å². The van der Waals surface area contributed by atoms with Crippen LogP contribution in [-0.2, 0) is 4.74 Å². The molecular weight excluding hydrogens is 186 g/mol. The van der Waals surface area contributed by atoms with Gasteiger partial charge in [-0.05, 0) is 32.7 Å². The Morgan fingerprint density at radius 3 is 2.00 bits per heavy atom. The lowest BCUT2D eigenvalue weighted by Crippen LogP contribution is -2.42. The minimum Gasteiger partial charge on any atom is -0.379 e. The third-order valence-corrected chi connectivity index (χ3v) is 3.35. The second kappa shape index (κ2) is 7.24. The van der Waals surface area contributed by atoms with Crippen LogP contribution in [0.5, 0.6) is 0 Å². The number of ether oxygens (including phenoxy) is 1. The summed E-state index contributed by atoms with van der Waals surface area (Å²) >= 11 is 0. The van der Waals surface area contributed by atoms with Crippen molar-refractivity contribution in [3.05, 3.63) is 0 Å². The summed E-state index contributed by atoms with van der Waals surface area (Å²) in [4.78, 5) is 0. The lowest BCUT2D eigenvalue weighted by molar-refractivity contribution is 0.00117. The van der Waals surface area contributed by atoms with Gasteiger partial charge in [0.25, 0.3) is 0 Å². The fraction of sp³-hybridized carbons (Fsp3) is 1.00. The van der Waals surface area contributed by atoms with E-state index in [0.29, 0.717) is 6.04 Å². The fourth-order valence-corrected chi connectivity index (χ4v) is 2.14. The molecule has 1 unspecified atom stereocenters. The van der Waals surface area contributed by atoms with Gasteiger partial charge >= 0.3 is 0 Å². The van der Waals surface area contributed by atoms with Crippen molar-refractivity contribution in [3.8, 4) is 0 Å². The second-order valence-corrected chi connectivity index (χ2v) is 4.91. The van der Waals surface area contributed by atoms with Gasteiger partial charge in [-0.2, -0.15) is 0 Å². The second-order valence-electron chi connectivity index (χ2n) is 4.91. The summed E-state index contributed by atoms with van der Waals surface area (Å²) in [6.45, 7) is 12.1. The van der Waals surface area contributed by atoms with Crippen LogP contribution in [0.4, 0.5) is 0 Å². The maximum atomic E-state index is 5.51. The smallest absolute Gasteiger partial charge is 0.0637 e. The largest absolute Gasteiger partial charge is 0.379 e. The summed E-state index contributed by atoms with van der Waals surface area (Å²) in [5.41, 5.74) is -0.0184. The normalized spacial score (nSPS) is 14.6. The lowest BCUT2D eigenvalue weighted by Gasteiger charge is -2.33. The molecule has 15 heavy (non-hydrogen) atoms. The van der Waals surface area contributed by atoms with Crippen molar-refractivity contribution in [3.63, 3.8) is 0 Å². The molecule has 0 aromatic carbocycles. The molecule has 0 bridgehead atoms. The van der Waals surface area contributed by atoms with Crippen LogP contribution in [-0.4, -0.2) is 25.3 Å². The third kappa shape index (κ3) is 5.53. The summed E-state index contributed by atoms with van der Waals surface area (Å²) in [6, 6.07) is 0.583. The summed E-state index contributed by atoms with van der Waals surface area (Å²) in [5.74, 6) is 0.763. The van der Waals surface area contributed by atoms with Crippen LogP contribution in [0, 0.1) is 5.92 Å². The molecule has 0 aromatic rings. The minimum atomic E-state index is -0.0184. The molecular formula is C13H29NO. The first kappa shape index (κ1) is 14.9. The molecule has 1 N–H and O–H groups in total. The zero-order valence-electron chi connectivity index (χ0n) is 11.4. The standard InChI is InChI=1S/C13H29NO/c1-7-11(8-2)12(14-9-3)10-13(4,5)15-6/h11-12,14H,7-10H2,1-6H3. The zero-order chi connectivity index (χ0) is 11.9. The zero-order valence-corrected chi connectivity index (χ0v) is 11.4. The summed E-state index contributed by atoms with van der Waals surface area (Å²) < 4.78 is 5.51. The molecule has 2 heteroatoms. The Balaban J connectivity index is 4.37. The SMILES string of the molecule is CCNC(CC(C)(C)OC)C(CC)CC. The number of methoxy groups -OCH3 is 1. The summed E-state index contributed by atoms with van der Waals surface area (Å²) in [5, 5.41) is 3.59. The number of hydrogen-bond acceptors (Lipinski definition) is 2. The molecule has 0 aliphatic heterocycles. The Bertz CT molecular complexity index is 153. The van der Waals surface area contributed by atoms with E-state index in [0.717, 1.165) is 18.9 Å². The number of hydrogen-bond donors (Lipinski definition) is 1. The topological polar surface area (TPSA) is 21.3 Å². The first-order valence-electron chi connectivity index (χ1n) is 6.29. The van der Waals surface area contributed by atoms with Crippen molar-refractivity contribution in [2.75, 3.05) is 13.7 Å². The van der Waals surface area contributed by atoms with E-state index < -0.39 is 0 Å². The van der Waals surface area contributed by atoms with Crippen LogP contribution < -0.4 is 5.32 Å². The quantitative estimate of drug-likeness (QED) is 0.671. The molecule has 0 saturated carbocycles. The van der Waals surface area contributed by atoms with Crippen molar-refractivity contribution in [1.29, 1.82) is 0 Å². The Morgan fingerprint density at radius 2 is 1.67 bits per heavy atom. The first-order chi connectivity index (χ1) is 7.00. The number of rotatable bonds is 8. The highest BCUT2D eigenvalue weighted by atomic mass is 16.5. The van der Waals surface area contributed by atoms with Crippen molar-refractivity contribution < 1.29 is 4.74 Å². The van der Waals surface area contributed by atoms with Gasteiger partial charge in [0.1, 0.15) is 0 Å². The van der Waals surface area contributed by atoms with Crippen molar-refractivity contribution in [1.82, 2.24) is 5.32 Å². The predicted molar refractivity (Wildman–Crippen MR) is 67.2 cm³/mol. The molecule has 0 radical (unpaired) electrons. The molecule has 0 amide bonds. The minimum absolute atomic E-state index is 0.0184. The Labute approximate surface area is 95.8 Å². The van der Waals surface area contributed by atoms with Crippen molar-refractivity contribution in [2.45, 2.75) is 65.5 Å². The van der Waals surface area contributed by atoms with E-state index in [1.807, 2.05) is 0 Å². The Kier molecular flexibility index (Phi) is 7.20. The summed E-state index contributed by atoms with van der Waals surface area (Å²) in [6.07, 6.45) is 3.58. The lowest BCUT2D eigenvalue weighted by atomic mass is 9.86. The first-order valence-corrected chi connectivity index (χ1v) is 6.29. The molecule has 1 atom stereocenters. The molecule has 0 aliphatic carbocycles. The third-order valence-electron chi connectivity index (χ3n) is 3.35. The van der Waals surface area contributed by atoms with E-state index >= 15 is 0 Å². The van der Waals surface area contributed by atoms with Crippen LogP contribution in [0.2, 0.25) is 0 Å². The van der Waals surface area contributed by atoms with Gasteiger partial charge in [0.2, 0.25) is 0 Å². The van der Waals surface area contributed by atoms with E-state index in [1.54, 1.807) is 7.11 Å². The molecule has 92 valence electrons. The van der Waals surface area contributed by atoms with Gasteiger partial charge in [0.05, 0.1) is 5.60 Å². The molecule has 0 aliphatic rings. The average molecular weight is 215 g/mol. The maximum Gasteiger partial charge on any atom is 0.0637 e. The van der Waals surface area contributed by atoms with Crippen LogP contribution >= 0.6 is 0 Å². The highest BCUT2D eigenvalue weighted by molar-refractivity contribution is 4.82. The van der Waals surface area contributed by atoms with Crippen LogP contribution in [0.15, 0.2) is 0 Å².